The molecule has 5 rings (SSSR count). The molecule has 8 heteroatoms. The van der Waals surface area contributed by atoms with Crippen LogP contribution >= 0.6 is 34.5 Å². The van der Waals surface area contributed by atoms with Crippen LogP contribution in [0.25, 0.3) is 22.2 Å². The van der Waals surface area contributed by atoms with E-state index in [1.54, 1.807) is 12.1 Å². The van der Waals surface area contributed by atoms with Crippen molar-refractivity contribution in [3.05, 3.63) is 79.6 Å². The van der Waals surface area contributed by atoms with Crippen LogP contribution in [0.5, 0.6) is 0 Å². The van der Waals surface area contributed by atoms with Gasteiger partial charge in [-0.05, 0) is 73.9 Å². The molecule has 0 bridgehead atoms. The highest BCUT2D eigenvalue weighted by Gasteiger charge is 2.30. The number of nitrogens with zero attached hydrogens (tertiary/aromatic N) is 1. The lowest BCUT2D eigenvalue weighted by molar-refractivity contribution is 0.0505. The van der Waals surface area contributed by atoms with E-state index in [2.05, 4.69) is 12.2 Å². The number of aromatic nitrogens is 1. The van der Waals surface area contributed by atoms with Crippen molar-refractivity contribution in [2.24, 2.45) is 5.92 Å². The van der Waals surface area contributed by atoms with E-state index in [9.17, 15) is 9.59 Å². The van der Waals surface area contributed by atoms with Gasteiger partial charge in [-0.3, -0.25) is 4.79 Å². The first-order valence-electron chi connectivity index (χ1n) is 12.8. The Morgan fingerprint density at radius 1 is 1.16 bits per heavy atom. The number of rotatable bonds is 6. The minimum atomic E-state index is -0.376. The highest BCUT2D eigenvalue weighted by Crippen LogP contribution is 2.41. The van der Waals surface area contributed by atoms with Gasteiger partial charge in [-0.1, -0.05) is 55.2 Å². The van der Waals surface area contributed by atoms with E-state index in [1.807, 2.05) is 44.2 Å². The number of pyridine rings is 1. The summed E-state index contributed by atoms with van der Waals surface area (Å²) >= 11 is 14.2. The Morgan fingerprint density at radius 3 is 2.71 bits per heavy atom. The highest BCUT2D eigenvalue weighted by atomic mass is 35.5. The monoisotopic (exact) mass is 566 g/mol. The summed E-state index contributed by atoms with van der Waals surface area (Å²) in [6, 6.07) is 12.8. The van der Waals surface area contributed by atoms with Crippen molar-refractivity contribution in [2.45, 2.75) is 46.5 Å². The van der Waals surface area contributed by atoms with Crippen molar-refractivity contribution >= 4 is 62.3 Å². The molecular formula is C30H28Cl2N2O3S. The second-order valence-corrected chi connectivity index (χ2v) is 11.7. The molecule has 0 saturated carbocycles. The zero-order valence-corrected chi connectivity index (χ0v) is 23.8. The molecule has 196 valence electrons. The molecule has 1 aliphatic carbocycles. The minimum Gasteiger partial charge on any atom is -0.462 e. The van der Waals surface area contributed by atoms with Crippen LogP contribution in [-0.4, -0.2) is 23.5 Å². The molecule has 2 aromatic carbocycles. The van der Waals surface area contributed by atoms with Gasteiger partial charge < -0.3 is 10.1 Å². The molecule has 1 unspecified atom stereocenters. The van der Waals surface area contributed by atoms with Crippen molar-refractivity contribution in [2.75, 3.05) is 11.9 Å². The van der Waals surface area contributed by atoms with Crippen molar-refractivity contribution < 1.29 is 14.3 Å². The Hall–Kier alpha value is -2.93. The maximum atomic E-state index is 14.0. The highest BCUT2D eigenvalue weighted by molar-refractivity contribution is 7.17. The van der Waals surface area contributed by atoms with Gasteiger partial charge in [0.05, 0.1) is 34.0 Å². The molecule has 1 atom stereocenters. The number of carbonyl (C=O) groups excluding carboxylic acids is 2. The number of thiophene rings is 1. The van der Waals surface area contributed by atoms with E-state index in [0.717, 1.165) is 41.5 Å². The number of amides is 1. The zero-order chi connectivity index (χ0) is 27.0. The predicted molar refractivity (Wildman–Crippen MR) is 156 cm³/mol. The van der Waals surface area contributed by atoms with E-state index < -0.39 is 0 Å². The van der Waals surface area contributed by atoms with E-state index in [1.165, 1.54) is 11.3 Å². The Morgan fingerprint density at radius 2 is 1.95 bits per heavy atom. The summed E-state index contributed by atoms with van der Waals surface area (Å²) in [6.07, 6.45) is 3.43. The van der Waals surface area contributed by atoms with Gasteiger partial charge in [-0.2, -0.15) is 0 Å². The fourth-order valence-electron chi connectivity index (χ4n) is 5.03. The van der Waals surface area contributed by atoms with Crippen LogP contribution in [0.2, 0.25) is 10.0 Å². The number of esters is 1. The van der Waals surface area contributed by atoms with Crippen LogP contribution in [-0.2, 0) is 17.6 Å². The Balaban J connectivity index is 1.62. The number of halogens is 2. The molecule has 38 heavy (non-hydrogen) atoms. The lowest BCUT2D eigenvalue weighted by atomic mass is 9.88. The number of ether oxygens (including phenoxy) is 1. The zero-order valence-electron chi connectivity index (χ0n) is 21.5. The average Bonchev–Trinajstić information content (AvgIpc) is 3.23. The lowest BCUT2D eigenvalue weighted by Gasteiger charge is -2.18. The van der Waals surface area contributed by atoms with E-state index >= 15 is 0 Å². The van der Waals surface area contributed by atoms with Gasteiger partial charge >= 0.3 is 5.97 Å². The second-order valence-electron chi connectivity index (χ2n) is 9.75. The van der Waals surface area contributed by atoms with Gasteiger partial charge in [0.25, 0.3) is 5.91 Å². The quantitative estimate of drug-likeness (QED) is 0.237. The summed E-state index contributed by atoms with van der Waals surface area (Å²) in [5.41, 5.74) is 4.66. The first-order chi connectivity index (χ1) is 18.3. The van der Waals surface area contributed by atoms with Gasteiger partial charge in [0.1, 0.15) is 5.00 Å². The predicted octanol–water partition coefficient (Wildman–Crippen LogP) is 8.52. The summed E-state index contributed by atoms with van der Waals surface area (Å²) in [6.45, 7) is 6.38. The van der Waals surface area contributed by atoms with Crippen LogP contribution in [0.4, 0.5) is 5.00 Å². The molecule has 1 N–H and O–H groups in total. The molecule has 0 saturated heterocycles. The van der Waals surface area contributed by atoms with Crippen molar-refractivity contribution in [3.63, 3.8) is 0 Å². The number of benzene rings is 2. The van der Waals surface area contributed by atoms with Crippen LogP contribution in [0, 0.1) is 12.8 Å². The van der Waals surface area contributed by atoms with Crippen molar-refractivity contribution in [1.82, 2.24) is 4.98 Å². The number of hydrogen-bond donors (Lipinski definition) is 1. The maximum Gasteiger partial charge on any atom is 0.341 e. The Bertz CT molecular complexity index is 1560. The molecule has 1 aliphatic rings. The van der Waals surface area contributed by atoms with Crippen LogP contribution in [0.1, 0.15) is 63.4 Å². The SMILES string of the molecule is CCCOC(=O)c1c(NC(=O)c2c(C)c(-c3ccc(Cl)cc3Cl)nc3ccccc23)sc2c1CCC(C)C2. The van der Waals surface area contributed by atoms with Gasteiger partial charge in [-0.25, -0.2) is 9.78 Å². The van der Waals surface area contributed by atoms with Gasteiger partial charge in [-0.15, -0.1) is 11.3 Å². The van der Waals surface area contributed by atoms with Crippen molar-refractivity contribution in [1.29, 1.82) is 0 Å². The smallest absolute Gasteiger partial charge is 0.341 e. The standard InChI is InChI=1S/C30H28Cl2N2O3S/c1-4-13-37-30(36)26-21-11-9-16(2)14-24(21)38-29(26)34-28(35)25-17(3)27(19-12-10-18(31)15-22(19)32)33-23-8-6-5-7-20(23)25/h5-8,10,12,15-16H,4,9,11,13-14H2,1-3H3,(H,34,35). The molecule has 2 heterocycles. The average molecular weight is 568 g/mol. The fourth-order valence-corrected chi connectivity index (χ4v) is 6.92. The first-order valence-corrected chi connectivity index (χ1v) is 14.3. The summed E-state index contributed by atoms with van der Waals surface area (Å²) < 4.78 is 5.53. The molecule has 0 fully saturated rings. The largest absolute Gasteiger partial charge is 0.462 e. The topological polar surface area (TPSA) is 68.3 Å². The summed E-state index contributed by atoms with van der Waals surface area (Å²) in [5, 5.41) is 5.33. The normalized spacial score (nSPS) is 14.8. The van der Waals surface area contributed by atoms with Gasteiger partial charge in [0, 0.05) is 20.8 Å². The first kappa shape index (κ1) is 26.7. The third kappa shape index (κ3) is 5.05. The van der Waals surface area contributed by atoms with E-state index in [4.69, 9.17) is 32.9 Å². The minimum absolute atomic E-state index is 0.302. The molecule has 1 amide bonds. The Kier molecular flexibility index (Phi) is 7.75. The van der Waals surface area contributed by atoms with Crippen LogP contribution in [0.15, 0.2) is 42.5 Å². The number of para-hydroxylation sites is 1. The number of nitrogens with one attached hydrogen (secondary N) is 1. The summed E-state index contributed by atoms with van der Waals surface area (Å²) in [4.78, 5) is 33.1. The summed E-state index contributed by atoms with van der Waals surface area (Å²) in [7, 11) is 0. The van der Waals surface area contributed by atoms with E-state index in [-0.39, 0.29) is 11.9 Å². The van der Waals surface area contributed by atoms with Crippen molar-refractivity contribution in [3.8, 4) is 11.3 Å². The number of hydrogen-bond acceptors (Lipinski definition) is 5. The number of fused-ring (bicyclic) bond motifs is 2. The van der Waals surface area contributed by atoms with E-state index in [0.29, 0.717) is 61.0 Å². The Labute approximate surface area is 236 Å². The van der Waals surface area contributed by atoms with Gasteiger partial charge in [0.15, 0.2) is 0 Å². The van der Waals surface area contributed by atoms with Gasteiger partial charge in [0.2, 0.25) is 0 Å². The van der Waals surface area contributed by atoms with Crippen LogP contribution < -0.4 is 5.32 Å². The lowest BCUT2D eigenvalue weighted by Crippen LogP contribution is -2.18. The molecule has 0 spiro atoms. The number of carbonyl (C=O) groups is 2. The molecule has 2 aromatic heterocycles. The second kappa shape index (κ2) is 11.0. The molecule has 4 aromatic rings. The third-order valence-electron chi connectivity index (χ3n) is 6.93. The van der Waals surface area contributed by atoms with Crippen LogP contribution in [0.3, 0.4) is 0 Å². The molecule has 0 radical (unpaired) electrons. The molecular weight excluding hydrogens is 539 g/mol. The molecule has 0 aliphatic heterocycles. The number of anilines is 1. The summed E-state index contributed by atoms with van der Waals surface area (Å²) in [5.74, 6) is -0.148. The third-order valence-corrected chi connectivity index (χ3v) is 8.65. The maximum absolute atomic E-state index is 14.0. The fraction of sp³-hybridized carbons (Fsp3) is 0.300. The molecule has 5 nitrogen and oxygen atoms in total.